The number of amides is 2. The number of carbonyl (C=O) groups is 1. The second-order valence-electron chi connectivity index (χ2n) is 6.33. The third-order valence-electron chi connectivity index (χ3n) is 4.47. The van der Waals surface area contributed by atoms with Crippen LogP contribution in [0.5, 0.6) is 0 Å². The summed E-state index contributed by atoms with van der Waals surface area (Å²) < 4.78 is 32.3. The van der Waals surface area contributed by atoms with Crippen LogP contribution in [0.4, 0.5) is 19.3 Å². The summed E-state index contributed by atoms with van der Waals surface area (Å²) in [7, 11) is 0. The number of benzene rings is 2. The van der Waals surface area contributed by atoms with Crippen LogP contribution in [0.15, 0.2) is 41.2 Å². The molecule has 1 aliphatic heterocycles. The predicted octanol–water partition coefficient (Wildman–Crippen LogP) is 3.85. The number of nitrogens with one attached hydrogen (secondary N) is 3. The highest BCUT2D eigenvalue weighted by atomic mass is 35.5. The molecular weight excluding hydrogens is 392 g/mol. The van der Waals surface area contributed by atoms with Crippen molar-refractivity contribution in [3.8, 4) is 0 Å². The highest BCUT2D eigenvalue weighted by Gasteiger charge is 2.26. The first kappa shape index (κ1) is 18.4. The molecule has 2 amide bonds. The number of halogens is 3. The third-order valence-corrected chi connectivity index (χ3v) is 4.76. The van der Waals surface area contributed by atoms with Crippen LogP contribution in [0.2, 0.25) is 5.02 Å². The smallest absolute Gasteiger partial charge is 0.319 e. The number of pyridine rings is 1. The van der Waals surface area contributed by atoms with E-state index < -0.39 is 29.3 Å². The van der Waals surface area contributed by atoms with Crippen molar-refractivity contribution in [3.05, 3.63) is 74.7 Å². The van der Waals surface area contributed by atoms with Gasteiger partial charge in [0.25, 0.3) is 5.56 Å². The Kier molecular flexibility index (Phi) is 4.74. The summed E-state index contributed by atoms with van der Waals surface area (Å²) in [5, 5.41) is 5.94. The van der Waals surface area contributed by atoms with E-state index in [9.17, 15) is 18.4 Å². The first-order chi connectivity index (χ1) is 13.4. The molecule has 144 valence electrons. The fourth-order valence-corrected chi connectivity index (χ4v) is 3.44. The molecule has 0 unspecified atom stereocenters. The number of hydrogen-bond donors (Lipinski definition) is 3. The maximum absolute atomic E-state index is 13.6. The molecule has 4 rings (SSSR count). The molecule has 0 spiro atoms. The van der Waals surface area contributed by atoms with Crippen LogP contribution < -0.4 is 16.2 Å². The summed E-state index contributed by atoms with van der Waals surface area (Å²) in [6, 6.07) is 6.59. The normalized spacial score (nSPS) is 15.9. The van der Waals surface area contributed by atoms with Crippen molar-refractivity contribution in [3.63, 3.8) is 0 Å². The van der Waals surface area contributed by atoms with Crippen LogP contribution >= 0.6 is 11.6 Å². The predicted molar refractivity (Wildman–Crippen MR) is 100 cm³/mol. The molecule has 1 aromatic heterocycles. The summed E-state index contributed by atoms with van der Waals surface area (Å²) in [5.41, 5.74) is 1.07. The molecule has 9 heteroatoms. The van der Waals surface area contributed by atoms with Crippen molar-refractivity contribution in [2.75, 3.05) is 11.9 Å². The summed E-state index contributed by atoms with van der Waals surface area (Å²) in [6.45, 7) is 0.342. The minimum atomic E-state index is -0.593. The zero-order chi connectivity index (χ0) is 19.8. The number of carbonyl (C=O) groups excluding carboxylic acids is 1. The van der Waals surface area contributed by atoms with Crippen LogP contribution in [-0.4, -0.2) is 17.6 Å². The van der Waals surface area contributed by atoms with Gasteiger partial charge in [-0.25, -0.2) is 13.6 Å². The zero-order valence-electron chi connectivity index (χ0n) is 14.3. The molecule has 0 fully saturated rings. The van der Waals surface area contributed by atoms with Crippen molar-refractivity contribution in [1.82, 2.24) is 10.3 Å². The van der Waals surface area contributed by atoms with E-state index in [2.05, 4.69) is 15.6 Å². The van der Waals surface area contributed by atoms with Gasteiger partial charge in [0.05, 0.1) is 29.7 Å². The van der Waals surface area contributed by atoms with Crippen molar-refractivity contribution in [1.29, 1.82) is 0 Å². The lowest BCUT2D eigenvalue weighted by Crippen LogP contribution is -2.38. The minimum absolute atomic E-state index is 0.116. The van der Waals surface area contributed by atoms with Gasteiger partial charge < -0.3 is 20.4 Å². The lowest BCUT2D eigenvalue weighted by atomic mass is 9.96. The summed E-state index contributed by atoms with van der Waals surface area (Å²) in [4.78, 5) is 27.3. The molecule has 0 saturated carbocycles. The molecule has 2 heterocycles. The van der Waals surface area contributed by atoms with E-state index in [0.717, 1.165) is 12.1 Å². The second kappa shape index (κ2) is 7.21. The number of anilines is 1. The first-order valence-corrected chi connectivity index (χ1v) is 8.75. The summed E-state index contributed by atoms with van der Waals surface area (Å²) in [6.07, 6.45) is 0. The number of H-pyrrole nitrogens is 1. The van der Waals surface area contributed by atoms with Gasteiger partial charge in [0, 0.05) is 16.9 Å². The molecule has 3 aromatic rings. The van der Waals surface area contributed by atoms with Crippen LogP contribution in [-0.2, 0) is 11.3 Å². The van der Waals surface area contributed by atoms with Gasteiger partial charge in [-0.2, -0.15) is 0 Å². The Balaban J connectivity index is 1.65. The molecule has 0 aliphatic carbocycles. The minimum Gasteiger partial charge on any atom is -0.373 e. The number of urea groups is 1. The molecule has 2 aromatic carbocycles. The Morgan fingerprint density at radius 3 is 2.79 bits per heavy atom. The van der Waals surface area contributed by atoms with Crippen LogP contribution in [0.25, 0.3) is 10.8 Å². The maximum Gasteiger partial charge on any atom is 0.319 e. The molecule has 0 bridgehead atoms. The van der Waals surface area contributed by atoms with Gasteiger partial charge in [-0.1, -0.05) is 17.7 Å². The number of aromatic amines is 1. The van der Waals surface area contributed by atoms with Crippen molar-refractivity contribution < 1.29 is 18.3 Å². The molecular formula is C19H14ClF2N3O3. The van der Waals surface area contributed by atoms with Crippen LogP contribution in [0.3, 0.4) is 0 Å². The van der Waals surface area contributed by atoms with Gasteiger partial charge in [-0.15, -0.1) is 0 Å². The van der Waals surface area contributed by atoms with Gasteiger partial charge in [-0.05, 0) is 35.7 Å². The van der Waals surface area contributed by atoms with Crippen molar-refractivity contribution in [2.45, 2.75) is 12.6 Å². The number of fused-ring (bicyclic) bond motifs is 3. The number of rotatable bonds is 2. The molecule has 1 aliphatic rings. The number of hydrogen-bond acceptors (Lipinski definition) is 3. The van der Waals surface area contributed by atoms with Gasteiger partial charge in [0.2, 0.25) is 0 Å². The largest absolute Gasteiger partial charge is 0.373 e. The fourth-order valence-electron chi connectivity index (χ4n) is 3.26. The van der Waals surface area contributed by atoms with Gasteiger partial charge in [0.1, 0.15) is 11.6 Å². The van der Waals surface area contributed by atoms with E-state index in [-0.39, 0.29) is 23.6 Å². The van der Waals surface area contributed by atoms with E-state index in [4.69, 9.17) is 16.3 Å². The molecule has 0 radical (unpaired) electrons. The molecule has 28 heavy (non-hydrogen) atoms. The molecule has 1 atom stereocenters. The van der Waals surface area contributed by atoms with E-state index in [1.165, 1.54) is 24.3 Å². The average Bonchev–Trinajstić information content (AvgIpc) is 2.65. The Bertz CT molecular complexity index is 1150. The van der Waals surface area contributed by atoms with Gasteiger partial charge in [0.15, 0.2) is 0 Å². The monoisotopic (exact) mass is 405 g/mol. The Morgan fingerprint density at radius 1 is 1.18 bits per heavy atom. The zero-order valence-corrected chi connectivity index (χ0v) is 15.1. The van der Waals surface area contributed by atoms with Crippen molar-refractivity contribution >= 4 is 34.1 Å². The topological polar surface area (TPSA) is 83.2 Å². The standard InChI is InChI=1S/C19H14ClF2N3O3/c20-13-6-10(2-4-14(13)22)23-19(27)25-16-8-28-7-15-17(16)11-3-1-9(21)5-12(11)18(26)24-15/h1-6,16H,7-8H2,(H,24,26)(H2,23,25,27)/t16-/m1/s1. The quantitative estimate of drug-likeness (QED) is 0.605. The molecule has 6 nitrogen and oxygen atoms in total. The SMILES string of the molecule is O=C(Nc1ccc(F)c(Cl)c1)N[C@@H]1COCc2[nH]c(=O)c3cc(F)ccc3c21. The number of ether oxygens (including phenoxy) is 1. The van der Waals surface area contributed by atoms with Crippen LogP contribution in [0.1, 0.15) is 17.3 Å². The van der Waals surface area contributed by atoms with Gasteiger partial charge in [-0.3, -0.25) is 4.79 Å². The molecule has 3 N–H and O–H groups in total. The Labute approximate surface area is 162 Å². The average molecular weight is 406 g/mol. The Morgan fingerprint density at radius 2 is 2.00 bits per heavy atom. The summed E-state index contributed by atoms with van der Waals surface area (Å²) in [5.74, 6) is -1.12. The third kappa shape index (κ3) is 3.44. The Hall–Kier alpha value is -2.97. The van der Waals surface area contributed by atoms with E-state index in [1.807, 2.05) is 0 Å². The first-order valence-electron chi connectivity index (χ1n) is 8.37. The highest BCUT2D eigenvalue weighted by Crippen LogP contribution is 2.30. The second-order valence-corrected chi connectivity index (χ2v) is 6.74. The van der Waals surface area contributed by atoms with Crippen LogP contribution in [0, 0.1) is 11.6 Å². The fraction of sp³-hybridized carbons (Fsp3) is 0.158. The molecule has 0 saturated heterocycles. The highest BCUT2D eigenvalue weighted by molar-refractivity contribution is 6.31. The number of aromatic nitrogens is 1. The lowest BCUT2D eigenvalue weighted by molar-refractivity contribution is 0.0826. The van der Waals surface area contributed by atoms with E-state index in [1.54, 1.807) is 0 Å². The van der Waals surface area contributed by atoms with Crippen molar-refractivity contribution in [2.24, 2.45) is 0 Å². The van der Waals surface area contributed by atoms with Gasteiger partial charge >= 0.3 is 6.03 Å². The summed E-state index contributed by atoms with van der Waals surface area (Å²) >= 11 is 5.72. The maximum atomic E-state index is 13.6. The van der Waals surface area contributed by atoms with E-state index >= 15 is 0 Å². The lowest BCUT2D eigenvalue weighted by Gasteiger charge is -2.27. The van der Waals surface area contributed by atoms with E-state index in [0.29, 0.717) is 22.3 Å².